The van der Waals surface area contributed by atoms with Crippen LogP contribution >= 0.6 is 0 Å². The fraction of sp³-hybridized carbons (Fsp3) is 0.500. The molecule has 0 atom stereocenters. The summed E-state index contributed by atoms with van der Waals surface area (Å²) in [5.41, 5.74) is 3.22. The minimum Gasteiger partial charge on any atom is -0.385 e. The quantitative estimate of drug-likeness (QED) is 0.591. The third-order valence-corrected chi connectivity index (χ3v) is 3.13. The molecule has 18 heavy (non-hydrogen) atoms. The maximum atomic E-state index is 12.0. The average molecular weight is 248 g/mol. The van der Waals surface area contributed by atoms with Crippen molar-refractivity contribution in [1.82, 2.24) is 5.32 Å². The van der Waals surface area contributed by atoms with E-state index in [-0.39, 0.29) is 5.78 Å². The first-order valence-corrected chi connectivity index (χ1v) is 6.41. The topological polar surface area (TPSA) is 50.4 Å². The van der Waals surface area contributed by atoms with Crippen molar-refractivity contribution >= 4 is 11.5 Å². The smallest absolute Gasteiger partial charge is 0.176 e. The van der Waals surface area contributed by atoms with E-state index in [0.29, 0.717) is 19.7 Å². The monoisotopic (exact) mass is 248 g/mol. The van der Waals surface area contributed by atoms with Crippen LogP contribution in [0.4, 0.5) is 5.69 Å². The molecule has 1 heterocycles. The van der Waals surface area contributed by atoms with E-state index in [0.717, 1.165) is 24.9 Å². The van der Waals surface area contributed by atoms with Crippen molar-refractivity contribution in [3.8, 4) is 0 Å². The number of hydrogen-bond donors (Lipinski definition) is 2. The lowest BCUT2D eigenvalue weighted by Gasteiger charge is -2.18. The molecule has 0 saturated carbocycles. The molecule has 0 amide bonds. The Morgan fingerprint density at radius 2 is 2.39 bits per heavy atom. The van der Waals surface area contributed by atoms with Crippen LogP contribution in [0.3, 0.4) is 0 Å². The molecule has 98 valence electrons. The van der Waals surface area contributed by atoms with E-state index in [1.807, 2.05) is 18.2 Å². The van der Waals surface area contributed by atoms with Crippen molar-refractivity contribution in [1.29, 1.82) is 0 Å². The van der Waals surface area contributed by atoms with Crippen LogP contribution in [0.5, 0.6) is 0 Å². The molecule has 0 unspecified atom stereocenters. The van der Waals surface area contributed by atoms with E-state index in [2.05, 4.69) is 10.6 Å². The van der Waals surface area contributed by atoms with Gasteiger partial charge in [0, 0.05) is 31.5 Å². The lowest BCUT2D eigenvalue weighted by molar-refractivity contribution is 0.0987. The van der Waals surface area contributed by atoms with E-state index in [1.165, 1.54) is 11.3 Å². The maximum absolute atomic E-state index is 12.0. The fourth-order valence-electron chi connectivity index (χ4n) is 2.13. The Bertz CT molecular complexity index is 418. The molecule has 0 fully saturated rings. The number of methoxy groups -OCH3 is 1. The first-order chi connectivity index (χ1) is 8.81. The summed E-state index contributed by atoms with van der Waals surface area (Å²) in [5.74, 6) is 0.138. The number of aryl methyl sites for hydroxylation is 1. The van der Waals surface area contributed by atoms with Gasteiger partial charge in [-0.2, -0.15) is 0 Å². The Hall–Kier alpha value is -1.39. The summed E-state index contributed by atoms with van der Waals surface area (Å²) in [4.78, 5) is 12.0. The van der Waals surface area contributed by atoms with Gasteiger partial charge in [-0.25, -0.2) is 0 Å². The fourth-order valence-corrected chi connectivity index (χ4v) is 2.13. The van der Waals surface area contributed by atoms with Crippen LogP contribution in [-0.2, 0) is 11.2 Å². The summed E-state index contributed by atoms with van der Waals surface area (Å²) in [6.45, 7) is 2.73. The van der Waals surface area contributed by atoms with E-state index in [4.69, 9.17) is 4.74 Å². The van der Waals surface area contributed by atoms with Crippen molar-refractivity contribution < 1.29 is 9.53 Å². The van der Waals surface area contributed by atoms with Gasteiger partial charge >= 0.3 is 0 Å². The highest BCUT2D eigenvalue weighted by Gasteiger charge is 2.12. The molecule has 0 aromatic heterocycles. The van der Waals surface area contributed by atoms with E-state index < -0.39 is 0 Å². The van der Waals surface area contributed by atoms with Crippen LogP contribution in [0.1, 0.15) is 22.3 Å². The first-order valence-electron chi connectivity index (χ1n) is 6.41. The maximum Gasteiger partial charge on any atom is 0.176 e. The van der Waals surface area contributed by atoms with Gasteiger partial charge in [0.2, 0.25) is 0 Å². The number of anilines is 1. The van der Waals surface area contributed by atoms with Crippen molar-refractivity contribution in [3.05, 3.63) is 29.3 Å². The molecule has 0 saturated heterocycles. The highest BCUT2D eigenvalue weighted by molar-refractivity contribution is 5.98. The summed E-state index contributed by atoms with van der Waals surface area (Å²) < 4.78 is 4.92. The first kappa shape index (κ1) is 13.1. The van der Waals surface area contributed by atoms with Gasteiger partial charge in [0.1, 0.15) is 0 Å². The van der Waals surface area contributed by atoms with E-state index >= 15 is 0 Å². The molecule has 2 N–H and O–H groups in total. The van der Waals surface area contributed by atoms with E-state index in [9.17, 15) is 4.79 Å². The van der Waals surface area contributed by atoms with Gasteiger partial charge in [-0.3, -0.25) is 4.79 Å². The van der Waals surface area contributed by atoms with Crippen molar-refractivity contribution in [2.75, 3.05) is 38.7 Å². The number of nitrogens with one attached hydrogen (secondary N) is 2. The third-order valence-electron chi connectivity index (χ3n) is 3.13. The number of hydrogen-bond acceptors (Lipinski definition) is 4. The summed E-state index contributed by atoms with van der Waals surface area (Å²) in [7, 11) is 1.65. The number of ketones is 1. The van der Waals surface area contributed by atoms with Gasteiger partial charge in [0.15, 0.2) is 5.78 Å². The summed E-state index contributed by atoms with van der Waals surface area (Å²) >= 11 is 0. The zero-order chi connectivity index (χ0) is 12.8. The molecular formula is C14H20N2O2. The van der Waals surface area contributed by atoms with Gasteiger partial charge in [-0.05, 0) is 36.6 Å². The minimum atomic E-state index is 0.138. The zero-order valence-corrected chi connectivity index (χ0v) is 10.8. The number of ether oxygens (including phenoxy) is 1. The normalized spacial score (nSPS) is 13.8. The average Bonchev–Trinajstić information content (AvgIpc) is 2.43. The standard InChI is InChI=1S/C14H20N2O2/c1-18-8-7-15-10-14(17)12-4-5-13-11(9-12)3-2-6-16-13/h4-5,9,15-16H,2-3,6-8,10H2,1H3. The molecule has 4 heteroatoms. The highest BCUT2D eigenvalue weighted by Crippen LogP contribution is 2.22. The summed E-state index contributed by atoms with van der Waals surface area (Å²) in [5, 5.41) is 6.42. The van der Waals surface area contributed by atoms with E-state index in [1.54, 1.807) is 7.11 Å². The molecule has 4 nitrogen and oxygen atoms in total. The molecule has 2 rings (SSSR count). The number of benzene rings is 1. The second-order valence-electron chi connectivity index (χ2n) is 4.50. The molecule has 0 bridgehead atoms. The molecule has 1 aromatic rings. The molecule has 1 aliphatic rings. The van der Waals surface area contributed by atoms with Crippen LogP contribution in [0, 0.1) is 0 Å². The highest BCUT2D eigenvalue weighted by atomic mass is 16.5. The SMILES string of the molecule is COCCNCC(=O)c1ccc2c(c1)CCCN2. The van der Waals surface area contributed by atoms with Crippen LogP contribution in [-0.4, -0.2) is 39.1 Å². The Morgan fingerprint density at radius 3 is 3.22 bits per heavy atom. The van der Waals surface area contributed by atoms with Gasteiger partial charge < -0.3 is 15.4 Å². The molecule has 1 aliphatic heterocycles. The van der Waals surface area contributed by atoms with Crippen LogP contribution in [0.15, 0.2) is 18.2 Å². The predicted molar refractivity (Wildman–Crippen MR) is 72.3 cm³/mol. The van der Waals surface area contributed by atoms with Gasteiger partial charge in [-0.15, -0.1) is 0 Å². The zero-order valence-electron chi connectivity index (χ0n) is 10.8. The number of carbonyl (C=O) groups excluding carboxylic acids is 1. The molecule has 1 aromatic carbocycles. The van der Waals surface area contributed by atoms with Crippen molar-refractivity contribution in [2.24, 2.45) is 0 Å². The number of rotatable bonds is 6. The van der Waals surface area contributed by atoms with Gasteiger partial charge in [-0.1, -0.05) is 0 Å². The van der Waals surface area contributed by atoms with Gasteiger partial charge in [0.05, 0.1) is 13.2 Å². The molecule has 0 spiro atoms. The predicted octanol–water partition coefficient (Wildman–Crippen LogP) is 1.46. The molecule has 0 radical (unpaired) electrons. The van der Waals surface area contributed by atoms with Crippen LogP contribution < -0.4 is 10.6 Å². The molecule has 0 aliphatic carbocycles. The minimum absolute atomic E-state index is 0.138. The summed E-state index contributed by atoms with van der Waals surface area (Å²) in [6, 6.07) is 5.93. The largest absolute Gasteiger partial charge is 0.385 e. The van der Waals surface area contributed by atoms with Crippen molar-refractivity contribution in [3.63, 3.8) is 0 Å². The second kappa shape index (κ2) is 6.52. The number of carbonyl (C=O) groups is 1. The van der Waals surface area contributed by atoms with Crippen LogP contribution in [0.2, 0.25) is 0 Å². The second-order valence-corrected chi connectivity index (χ2v) is 4.50. The third kappa shape index (κ3) is 3.31. The van der Waals surface area contributed by atoms with Crippen LogP contribution in [0.25, 0.3) is 0 Å². The Labute approximate surface area is 108 Å². The lowest BCUT2D eigenvalue weighted by Crippen LogP contribution is -2.26. The lowest BCUT2D eigenvalue weighted by atomic mass is 9.99. The van der Waals surface area contributed by atoms with Gasteiger partial charge in [0.25, 0.3) is 0 Å². The Morgan fingerprint density at radius 1 is 1.50 bits per heavy atom. The summed E-state index contributed by atoms with van der Waals surface area (Å²) in [6.07, 6.45) is 2.19. The Kier molecular flexibility index (Phi) is 4.73. The molecular weight excluding hydrogens is 228 g/mol. The van der Waals surface area contributed by atoms with Crippen molar-refractivity contribution in [2.45, 2.75) is 12.8 Å². The number of Topliss-reactive ketones (excluding diaryl/α,β-unsaturated/α-hetero) is 1. The Balaban J connectivity index is 1.94. The number of fused-ring (bicyclic) bond motifs is 1.